The fraction of sp³-hybridized carbons (Fsp3) is 0.590. The van der Waals surface area contributed by atoms with E-state index in [4.69, 9.17) is 14.2 Å². The van der Waals surface area contributed by atoms with Crippen LogP contribution < -0.4 is 0 Å². The zero-order chi connectivity index (χ0) is 48.6. The van der Waals surface area contributed by atoms with Crippen LogP contribution in [-0.2, 0) is 28.6 Å². The Morgan fingerprint density at radius 3 is 0.985 bits per heavy atom. The van der Waals surface area contributed by atoms with Crippen molar-refractivity contribution < 1.29 is 28.6 Å². The van der Waals surface area contributed by atoms with Gasteiger partial charge in [0.15, 0.2) is 6.10 Å². The van der Waals surface area contributed by atoms with Crippen molar-refractivity contribution in [3.63, 3.8) is 0 Å². The third-order valence-electron chi connectivity index (χ3n) is 10.7. The van der Waals surface area contributed by atoms with E-state index in [1.54, 1.807) is 6.08 Å². The van der Waals surface area contributed by atoms with Crippen molar-refractivity contribution in [2.45, 2.75) is 219 Å². The molecule has 0 rings (SSSR count). The van der Waals surface area contributed by atoms with Crippen LogP contribution in [0.1, 0.15) is 213 Å². The summed E-state index contributed by atoms with van der Waals surface area (Å²) in [7, 11) is 0. The zero-order valence-corrected chi connectivity index (χ0v) is 42.9. The Bertz CT molecular complexity index is 1480. The Morgan fingerprint density at radius 2 is 0.627 bits per heavy atom. The van der Waals surface area contributed by atoms with Gasteiger partial charge < -0.3 is 14.2 Å². The second-order valence-corrected chi connectivity index (χ2v) is 17.0. The van der Waals surface area contributed by atoms with Gasteiger partial charge >= 0.3 is 17.9 Å². The zero-order valence-electron chi connectivity index (χ0n) is 42.9. The fourth-order valence-electron chi connectivity index (χ4n) is 6.75. The summed E-state index contributed by atoms with van der Waals surface area (Å²) in [5, 5.41) is 0. The lowest BCUT2D eigenvalue weighted by molar-refractivity contribution is -0.166. The highest BCUT2D eigenvalue weighted by Gasteiger charge is 2.19. The molecule has 376 valence electrons. The molecule has 6 heteroatoms. The largest absolute Gasteiger partial charge is 0.462 e. The van der Waals surface area contributed by atoms with E-state index in [0.29, 0.717) is 19.3 Å². The van der Waals surface area contributed by atoms with Gasteiger partial charge in [0.25, 0.3) is 0 Å². The Morgan fingerprint density at radius 1 is 0.328 bits per heavy atom. The molecule has 0 aromatic carbocycles. The maximum Gasteiger partial charge on any atom is 0.310 e. The summed E-state index contributed by atoms with van der Waals surface area (Å²) in [6, 6.07) is 0. The maximum absolute atomic E-state index is 12.7. The molecule has 0 saturated carbocycles. The molecule has 0 N–H and O–H groups in total. The standard InChI is InChI=1S/C61H96O6/c1-4-7-10-13-16-18-20-22-24-25-26-27-28-29-30-31-32-33-34-35-37-38-40-42-45-48-51-54-60(63)66-57-58(56-65-59(62)53-50-47-44-15-12-9-6-3)67-61(64)55-52-49-46-43-41-39-36-23-21-19-17-14-11-8-5-2/h7-8,10-11,16-19,22-24,26-27,29-30,32-33,36,41,43,49,52,58H,4-6,9,12-15,20-21,25,28,31,34-35,37-40,42,44-48,50-51,53-57H2,1-3H3/b10-7-,11-8-,18-16-,19-17-,24-22-,27-26-,30-29-,33-32-,36-23-,43-41-,52-49-. The number of hydrogen-bond acceptors (Lipinski definition) is 6. The SMILES string of the molecule is CC/C=C\C/C=C\C/C=C\C/C=C\C/C=C\C/C=C\CCCCCCCCCCC(=O)OCC(COC(=O)CCCCCCCCC)OC(=O)C/C=C\C/C=C\C/C=C\C/C=C\C/C=C\CC. The summed E-state index contributed by atoms with van der Waals surface area (Å²) in [4.78, 5) is 37.8. The molecule has 0 bridgehead atoms. The molecule has 0 saturated heterocycles. The molecule has 0 aliphatic carbocycles. The van der Waals surface area contributed by atoms with E-state index >= 15 is 0 Å². The van der Waals surface area contributed by atoms with Gasteiger partial charge in [-0.05, 0) is 96.3 Å². The van der Waals surface area contributed by atoms with Gasteiger partial charge in [-0.3, -0.25) is 14.4 Å². The fourth-order valence-corrected chi connectivity index (χ4v) is 6.75. The quantitative estimate of drug-likeness (QED) is 0.0262. The topological polar surface area (TPSA) is 78.9 Å². The molecule has 0 fully saturated rings. The predicted octanol–water partition coefficient (Wildman–Crippen LogP) is 17.9. The molecule has 0 spiro atoms. The lowest BCUT2D eigenvalue weighted by atomic mass is 10.1. The lowest BCUT2D eigenvalue weighted by Crippen LogP contribution is -2.30. The highest BCUT2D eigenvalue weighted by atomic mass is 16.6. The van der Waals surface area contributed by atoms with Crippen molar-refractivity contribution >= 4 is 17.9 Å². The predicted molar refractivity (Wildman–Crippen MR) is 288 cm³/mol. The van der Waals surface area contributed by atoms with Crippen LogP contribution in [0.2, 0.25) is 0 Å². The van der Waals surface area contributed by atoms with Gasteiger partial charge in [0.2, 0.25) is 0 Å². The number of allylic oxidation sites excluding steroid dienone is 21. The Labute approximate surface area is 411 Å². The van der Waals surface area contributed by atoms with Crippen molar-refractivity contribution in [2.75, 3.05) is 13.2 Å². The van der Waals surface area contributed by atoms with E-state index in [1.807, 2.05) is 6.08 Å². The van der Waals surface area contributed by atoms with Crippen LogP contribution in [0.3, 0.4) is 0 Å². The van der Waals surface area contributed by atoms with Crippen molar-refractivity contribution in [2.24, 2.45) is 0 Å². The molecule has 0 aliphatic rings. The molecule has 1 atom stereocenters. The van der Waals surface area contributed by atoms with Gasteiger partial charge in [-0.25, -0.2) is 0 Å². The average Bonchev–Trinajstić information content (AvgIpc) is 3.33. The first-order chi connectivity index (χ1) is 33.0. The summed E-state index contributed by atoms with van der Waals surface area (Å²) >= 11 is 0. The van der Waals surface area contributed by atoms with Crippen LogP contribution in [-0.4, -0.2) is 37.2 Å². The van der Waals surface area contributed by atoms with Crippen molar-refractivity contribution in [1.82, 2.24) is 0 Å². The van der Waals surface area contributed by atoms with Crippen LogP contribution in [0, 0.1) is 0 Å². The van der Waals surface area contributed by atoms with Crippen molar-refractivity contribution in [1.29, 1.82) is 0 Å². The monoisotopic (exact) mass is 925 g/mol. The summed E-state index contributed by atoms with van der Waals surface area (Å²) < 4.78 is 16.6. The molecule has 6 nitrogen and oxygen atoms in total. The van der Waals surface area contributed by atoms with Crippen LogP contribution in [0.25, 0.3) is 0 Å². The Balaban J connectivity index is 4.30. The molecular weight excluding hydrogens is 829 g/mol. The summed E-state index contributed by atoms with van der Waals surface area (Å²) in [6.07, 6.45) is 76.3. The Kier molecular flexibility index (Phi) is 50.6. The second-order valence-electron chi connectivity index (χ2n) is 17.0. The van der Waals surface area contributed by atoms with E-state index in [0.717, 1.165) is 109 Å². The van der Waals surface area contributed by atoms with E-state index in [-0.39, 0.29) is 31.6 Å². The number of hydrogen-bond donors (Lipinski definition) is 0. The minimum atomic E-state index is -0.837. The summed E-state index contributed by atoms with van der Waals surface area (Å²) in [6.45, 7) is 6.25. The molecule has 0 heterocycles. The lowest BCUT2D eigenvalue weighted by Gasteiger charge is -2.18. The van der Waals surface area contributed by atoms with Gasteiger partial charge in [0.05, 0.1) is 6.42 Å². The van der Waals surface area contributed by atoms with Gasteiger partial charge in [-0.1, -0.05) is 231 Å². The highest BCUT2D eigenvalue weighted by Crippen LogP contribution is 2.13. The number of carbonyl (C=O) groups excluding carboxylic acids is 3. The van der Waals surface area contributed by atoms with Gasteiger partial charge in [-0.2, -0.15) is 0 Å². The molecule has 67 heavy (non-hydrogen) atoms. The average molecular weight is 925 g/mol. The van der Waals surface area contributed by atoms with Crippen LogP contribution >= 0.6 is 0 Å². The summed E-state index contributed by atoms with van der Waals surface area (Å²) in [5.74, 6) is -1.08. The molecule has 0 radical (unpaired) electrons. The van der Waals surface area contributed by atoms with Gasteiger partial charge in [0.1, 0.15) is 13.2 Å². The van der Waals surface area contributed by atoms with E-state index in [2.05, 4.69) is 142 Å². The van der Waals surface area contributed by atoms with Crippen LogP contribution in [0.5, 0.6) is 0 Å². The van der Waals surface area contributed by atoms with E-state index in [1.165, 1.54) is 57.8 Å². The third kappa shape index (κ3) is 52.4. The Hall–Kier alpha value is -4.45. The molecule has 0 amide bonds. The molecule has 1 unspecified atom stereocenters. The van der Waals surface area contributed by atoms with Crippen LogP contribution in [0.15, 0.2) is 134 Å². The second kappa shape index (κ2) is 54.2. The maximum atomic E-state index is 12.7. The van der Waals surface area contributed by atoms with Crippen molar-refractivity contribution in [3.05, 3.63) is 134 Å². The number of esters is 3. The third-order valence-corrected chi connectivity index (χ3v) is 10.7. The first-order valence-electron chi connectivity index (χ1n) is 26.7. The normalized spacial score (nSPS) is 13.2. The molecule has 0 aliphatic heterocycles. The van der Waals surface area contributed by atoms with Crippen molar-refractivity contribution in [3.8, 4) is 0 Å². The molecule has 0 aromatic heterocycles. The number of rotatable bonds is 46. The number of carbonyl (C=O) groups is 3. The first kappa shape index (κ1) is 62.5. The van der Waals surface area contributed by atoms with E-state index in [9.17, 15) is 14.4 Å². The highest BCUT2D eigenvalue weighted by molar-refractivity contribution is 5.72. The van der Waals surface area contributed by atoms with Gasteiger partial charge in [0, 0.05) is 12.8 Å². The first-order valence-corrected chi connectivity index (χ1v) is 26.7. The molecule has 0 aromatic rings. The van der Waals surface area contributed by atoms with E-state index < -0.39 is 12.1 Å². The summed E-state index contributed by atoms with van der Waals surface area (Å²) in [5.41, 5.74) is 0. The smallest absolute Gasteiger partial charge is 0.310 e. The molecular formula is C61H96O6. The minimum absolute atomic E-state index is 0.0907. The minimum Gasteiger partial charge on any atom is -0.462 e. The van der Waals surface area contributed by atoms with Crippen LogP contribution in [0.4, 0.5) is 0 Å². The number of unbranched alkanes of at least 4 members (excludes halogenated alkanes) is 14. The number of ether oxygens (including phenoxy) is 3. The van der Waals surface area contributed by atoms with Gasteiger partial charge in [-0.15, -0.1) is 0 Å².